The largest absolute Gasteiger partial charge is 0.454 e. The van der Waals surface area contributed by atoms with Crippen molar-refractivity contribution in [2.45, 2.75) is 10.2 Å². The Balaban J connectivity index is 1.21. The molecule has 3 aliphatic carbocycles. The molecule has 0 radical (unpaired) electrons. The van der Waals surface area contributed by atoms with Crippen molar-refractivity contribution < 1.29 is 28.8 Å². The van der Waals surface area contributed by atoms with Crippen molar-refractivity contribution in [1.82, 2.24) is 0 Å². The van der Waals surface area contributed by atoms with Gasteiger partial charge in [-0.1, -0.05) is 76.6 Å². The highest BCUT2D eigenvalue weighted by Crippen LogP contribution is 2.66. The number of alkyl halides is 1. The van der Waals surface area contributed by atoms with Gasteiger partial charge >= 0.3 is 5.97 Å². The van der Waals surface area contributed by atoms with Crippen molar-refractivity contribution in [2.24, 2.45) is 11.8 Å². The number of carbonyl (C=O) groups excluding carboxylic acids is 4. The summed E-state index contributed by atoms with van der Waals surface area (Å²) in [6, 6.07) is 26.8. The SMILES string of the molecule is O=C(COC(=O)c1ccccc1N1C(=O)C2C3c4ccccc4C(Br)(c4ccccc43)C2C1=O)c1ccc([N+](=O)[O-])cc1. The van der Waals surface area contributed by atoms with Gasteiger partial charge in [-0.2, -0.15) is 0 Å². The molecule has 0 spiro atoms. The number of para-hydroxylation sites is 1. The summed E-state index contributed by atoms with van der Waals surface area (Å²) in [5, 5.41) is 10.9. The van der Waals surface area contributed by atoms with E-state index in [1.54, 1.807) is 12.1 Å². The molecule has 4 aromatic carbocycles. The predicted molar refractivity (Wildman–Crippen MR) is 158 cm³/mol. The van der Waals surface area contributed by atoms with E-state index in [0.717, 1.165) is 27.2 Å². The Kier molecular flexibility index (Phi) is 6.14. The number of nitro benzene ring substituents is 1. The second kappa shape index (κ2) is 9.81. The molecule has 1 heterocycles. The molecular weight excluding hydrogens is 616 g/mol. The van der Waals surface area contributed by atoms with Crippen LogP contribution in [0.4, 0.5) is 11.4 Å². The number of imide groups is 1. The first-order valence-electron chi connectivity index (χ1n) is 13.5. The van der Waals surface area contributed by atoms with E-state index >= 15 is 0 Å². The molecule has 0 aromatic heterocycles. The summed E-state index contributed by atoms with van der Waals surface area (Å²) >= 11 is 3.96. The highest BCUT2D eigenvalue weighted by Gasteiger charge is 2.67. The standard InChI is InChI=1S/C33H21BrN2O7/c34-33-23-10-4-1-7-20(23)27(21-8-2-5-11-24(21)33)28-29(33)31(39)35(30(28)38)25-12-6-3-9-22(25)32(40)43-17-26(37)18-13-15-19(16-14-18)36(41)42/h1-16,27-29H,17H2. The van der Waals surface area contributed by atoms with Gasteiger partial charge in [-0.05, 0) is 46.5 Å². The first-order chi connectivity index (χ1) is 20.7. The lowest BCUT2D eigenvalue weighted by Crippen LogP contribution is -2.50. The number of nitro groups is 1. The van der Waals surface area contributed by atoms with Crippen LogP contribution in [0.2, 0.25) is 0 Å². The Bertz CT molecular complexity index is 1840. The maximum atomic E-state index is 14.3. The molecule has 2 amide bonds. The van der Waals surface area contributed by atoms with E-state index < -0.39 is 51.3 Å². The quantitative estimate of drug-likeness (QED) is 0.0680. The summed E-state index contributed by atoms with van der Waals surface area (Å²) in [7, 11) is 0. The first kappa shape index (κ1) is 26.9. The molecular formula is C33H21BrN2O7. The topological polar surface area (TPSA) is 124 Å². The molecule has 4 aliphatic rings. The molecule has 10 heteroatoms. The molecule has 9 nitrogen and oxygen atoms in total. The van der Waals surface area contributed by atoms with Gasteiger partial charge in [0.05, 0.1) is 32.3 Å². The van der Waals surface area contributed by atoms with Gasteiger partial charge < -0.3 is 4.74 Å². The van der Waals surface area contributed by atoms with Crippen molar-refractivity contribution >= 4 is 50.9 Å². The van der Waals surface area contributed by atoms with Gasteiger partial charge in [0.2, 0.25) is 11.8 Å². The van der Waals surface area contributed by atoms with E-state index in [0.29, 0.717) is 0 Å². The van der Waals surface area contributed by atoms with Crippen LogP contribution in [0.15, 0.2) is 97.1 Å². The normalized spacial score (nSPS) is 22.9. The highest BCUT2D eigenvalue weighted by molar-refractivity contribution is 9.09. The number of non-ortho nitro benzene ring substituents is 1. The van der Waals surface area contributed by atoms with Crippen LogP contribution in [-0.4, -0.2) is 35.1 Å². The summed E-state index contributed by atoms with van der Waals surface area (Å²) in [4.78, 5) is 65.8. The highest BCUT2D eigenvalue weighted by atomic mass is 79.9. The van der Waals surface area contributed by atoms with Crippen LogP contribution in [0.25, 0.3) is 0 Å². The summed E-state index contributed by atoms with van der Waals surface area (Å²) in [6.45, 7) is -0.630. The van der Waals surface area contributed by atoms with Crippen LogP contribution >= 0.6 is 15.9 Å². The molecule has 2 bridgehead atoms. The van der Waals surface area contributed by atoms with Gasteiger partial charge in [-0.25, -0.2) is 9.69 Å². The number of nitrogens with zero attached hydrogens (tertiary/aromatic N) is 2. The number of ketones is 1. The Morgan fingerprint density at radius 3 is 2.05 bits per heavy atom. The zero-order chi connectivity index (χ0) is 30.0. The fraction of sp³-hybridized carbons (Fsp3) is 0.152. The van der Waals surface area contributed by atoms with Gasteiger partial charge in [0.15, 0.2) is 12.4 Å². The van der Waals surface area contributed by atoms with Crippen molar-refractivity contribution in [3.8, 4) is 0 Å². The predicted octanol–water partition coefficient (Wildman–Crippen LogP) is 5.54. The Labute approximate surface area is 253 Å². The van der Waals surface area contributed by atoms with E-state index in [2.05, 4.69) is 15.9 Å². The lowest BCUT2D eigenvalue weighted by molar-refractivity contribution is -0.384. The van der Waals surface area contributed by atoms with Gasteiger partial charge in [0.1, 0.15) is 0 Å². The van der Waals surface area contributed by atoms with E-state index in [9.17, 15) is 29.3 Å². The molecule has 0 saturated carbocycles. The number of rotatable bonds is 6. The van der Waals surface area contributed by atoms with E-state index in [1.807, 2.05) is 48.5 Å². The molecule has 1 saturated heterocycles. The average molecular weight is 637 g/mol. The van der Waals surface area contributed by atoms with Gasteiger partial charge in [0, 0.05) is 23.6 Å². The minimum absolute atomic E-state index is 0.0367. The smallest absolute Gasteiger partial charge is 0.340 e. The van der Waals surface area contributed by atoms with Crippen molar-refractivity contribution in [1.29, 1.82) is 0 Å². The zero-order valence-electron chi connectivity index (χ0n) is 22.3. The molecule has 1 aliphatic heterocycles. The first-order valence-corrected chi connectivity index (χ1v) is 14.3. The average Bonchev–Trinajstić information content (AvgIpc) is 3.30. The lowest BCUT2D eigenvalue weighted by atomic mass is 9.55. The third-order valence-corrected chi connectivity index (χ3v) is 9.96. The molecule has 212 valence electrons. The Morgan fingerprint density at radius 1 is 0.837 bits per heavy atom. The van der Waals surface area contributed by atoms with Gasteiger partial charge in [-0.3, -0.25) is 24.5 Å². The summed E-state index contributed by atoms with van der Waals surface area (Å²) in [5.74, 6) is -4.06. The van der Waals surface area contributed by atoms with Crippen molar-refractivity contribution in [3.63, 3.8) is 0 Å². The maximum absolute atomic E-state index is 14.3. The molecule has 43 heavy (non-hydrogen) atoms. The second-order valence-corrected chi connectivity index (χ2v) is 12.0. The summed E-state index contributed by atoms with van der Waals surface area (Å²) in [6.07, 6.45) is 0. The lowest BCUT2D eigenvalue weighted by Gasteiger charge is -2.51. The zero-order valence-corrected chi connectivity index (χ0v) is 23.9. The monoisotopic (exact) mass is 636 g/mol. The number of amides is 2. The summed E-state index contributed by atoms with van der Waals surface area (Å²) in [5.41, 5.74) is 3.87. The fourth-order valence-electron chi connectivity index (χ4n) is 6.82. The van der Waals surface area contributed by atoms with Crippen LogP contribution in [-0.2, 0) is 18.7 Å². The minimum Gasteiger partial charge on any atom is -0.454 e. The minimum atomic E-state index is -0.937. The molecule has 4 aromatic rings. The number of hydrogen-bond acceptors (Lipinski definition) is 7. The number of halogens is 1. The number of anilines is 1. The third-order valence-electron chi connectivity index (χ3n) is 8.61. The summed E-state index contributed by atoms with van der Waals surface area (Å²) < 4.78 is 4.37. The maximum Gasteiger partial charge on any atom is 0.340 e. The van der Waals surface area contributed by atoms with E-state index in [4.69, 9.17) is 4.74 Å². The van der Waals surface area contributed by atoms with Crippen LogP contribution in [0, 0.1) is 22.0 Å². The number of benzene rings is 4. The molecule has 1 fully saturated rings. The third kappa shape index (κ3) is 3.82. The number of carbonyl (C=O) groups is 4. The number of hydrogen-bond donors (Lipinski definition) is 0. The van der Waals surface area contributed by atoms with Gasteiger partial charge in [-0.15, -0.1) is 0 Å². The Morgan fingerprint density at radius 2 is 1.42 bits per heavy atom. The Hall–Kier alpha value is -4.96. The van der Waals surface area contributed by atoms with Crippen LogP contribution < -0.4 is 4.90 Å². The van der Waals surface area contributed by atoms with Crippen LogP contribution in [0.1, 0.15) is 48.9 Å². The molecule has 0 N–H and O–H groups in total. The van der Waals surface area contributed by atoms with Crippen molar-refractivity contribution in [3.05, 3.63) is 141 Å². The van der Waals surface area contributed by atoms with E-state index in [-0.39, 0.29) is 28.4 Å². The fourth-order valence-corrected chi connectivity index (χ4v) is 8.02. The molecule has 8 rings (SSSR count). The number of Topliss-reactive ketones (excluding diaryl/α,β-unsaturated/α-hetero) is 1. The van der Waals surface area contributed by atoms with Gasteiger partial charge in [0.25, 0.3) is 5.69 Å². The number of ether oxygens (including phenoxy) is 1. The van der Waals surface area contributed by atoms with Crippen LogP contribution in [0.3, 0.4) is 0 Å². The number of esters is 1. The van der Waals surface area contributed by atoms with Crippen molar-refractivity contribution in [2.75, 3.05) is 11.5 Å². The molecule has 2 atom stereocenters. The second-order valence-electron chi connectivity index (χ2n) is 10.7. The van der Waals surface area contributed by atoms with E-state index in [1.165, 1.54) is 36.4 Å². The molecule has 2 unspecified atom stereocenters. The van der Waals surface area contributed by atoms with Crippen LogP contribution in [0.5, 0.6) is 0 Å².